The fraction of sp³-hybridized carbons (Fsp3) is 0.424. The molecule has 0 spiro atoms. The lowest BCUT2D eigenvalue weighted by molar-refractivity contribution is -0.144. The number of carbonyl (C=O) groups excluding carboxylic acids is 1. The van der Waals surface area contributed by atoms with Gasteiger partial charge in [-0.2, -0.15) is 0 Å². The lowest BCUT2D eigenvalue weighted by atomic mass is 9.93. The number of carbonyl (C=O) groups is 1. The van der Waals surface area contributed by atoms with Gasteiger partial charge in [-0.05, 0) is 86.8 Å². The number of nitrogens with zero attached hydrogens (tertiary/aromatic N) is 3. The van der Waals surface area contributed by atoms with Crippen LogP contribution in [-0.2, 0) is 27.3 Å². The van der Waals surface area contributed by atoms with Crippen LogP contribution in [0.3, 0.4) is 0 Å². The number of imidazole rings is 1. The van der Waals surface area contributed by atoms with Gasteiger partial charge in [0.15, 0.2) is 6.61 Å². The first-order valence-corrected chi connectivity index (χ1v) is 14.2. The van der Waals surface area contributed by atoms with Gasteiger partial charge < -0.3 is 14.2 Å². The van der Waals surface area contributed by atoms with Crippen LogP contribution >= 0.6 is 0 Å². The molecule has 7 nitrogen and oxygen atoms in total. The maximum atomic E-state index is 12.1. The molecule has 3 heterocycles. The van der Waals surface area contributed by atoms with Gasteiger partial charge in [-0.25, -0.2) is 4.98 Å². The summed E-state index contributed by atoms with van der Waals surface area (Å²) in [5.41, 5.74) is 3.86. The van der Waals surface area contributed by atoms with Crippen LogP contribution in [-0.4, -0.2) is 40.3 Å². The fourth-order valence-electron chi connectivity index (χ4n) is 5.28. The highest BCUT2D eigenvalue weighted by Crippen LogP contribution is 2.25. The number of benzene rings is 1. The normalized spacial score (nSPS) is 17.2. The van der Waals surface area contributed by atoms with E-state index in [1.165, 1.54) is 19.3 Å². The molecular formula is C33H37N3O4. The van der Waals surface area contributed by atoms with E-state index in [2.05, 4.69) is 39.6 Å². The number of ether oxygens (including phenoxy) is 3. The van der Waals surface area contributed by atoms with Gasteiger partial charge in [-0.3, -0.25) is 14.3 Å². The quantitative estimate of drug-likeness (QED) is 0.195. The van der Waals surface area contributed by atoms with Gasteiger partial charge in [0.05, 0.1) is 23.8 Å². The van der Waals surface area contributed by atoms with Crippen molar-refractivity contribution in [2.75, 3.05) is 19.8 Å². The number of pyridine rings is 1. The van der Waals surface area contributed by atoms with Crippen molar-refractivity contribution in [2.24, 2.45) is 11.8 Å². The average Bonchev–Trinajstić information content (AvgIpc) is 3.38. The molecule has 0 amide bonds. The summed E-state index contributed by atoms with van der Waals surface area (Å²) in [6, 6.07) is 9.85. The van der Waals surface area contributed by atoms with Gasteiger partial charge in [0.2, 0.25) is 0 Å². The minimum absolute atomic E-state index is 0.0943. The van der Waals surface area contributed by atoms with E-state index in [0.717, 1.165) is 66.6 Å². The molecule has 1 aliphatic carbocycles. The van der Waals surface area contributed by atoms with Crippen molar-refractivity contribution in [1.82, 2.24) is 14.5 Å². The monoisotopic (exact) mass is 539 g/mol. The molecular weight excluding hydrogens is 502 g/mol. The molecule has 1 unspecified atom stereocenters. The second kappa shape index (κ2) is 14.0. The number of aromatic nitrogens is 3. The Balaban J connectivity index is 1.19. The van der Waals surface area contributed by atoms with Crippen LogP contribution in [0, 0.1) is 30.6 Å². The Bertz CT molecular complexity index is 1360. The van der Waals surface area contributed by atoms with Crippen LogP contribution < -0.4 is 4.74 Å². The molecule has 208 valence electrons. The molecule has 7 heteroatoms. The fourth-order valence-corrected chi connectivity index (χ4v) is 5.28. The molecule has 0 N–H and O–H groups in total. The summed E-state index contributed by atoms with van der Waals surface area (Å²) in [7, 11) is 0. The summed E-state index contributed by atoms with van der Waals surface area (Å²) in [5.74, 6) is 8.55. The third-order valence-electron chi connectivity index (χ3n) is 7.52. The molecule has 5 rings (SSSR count). The van der Waals surface area contributed by atoms with Crippen molar-refractivity contribution in [3.63, 3.8) is 0 Å². The average molecular weight is 540 g/mol. The smallest absolute Gasteiger partial charge is 0.307 e. The molecule has 3 aromatic rings. The van der Waals surface area contributed by atoms with E-state index < -0.39 is 0 Å². The van der Waals surface area contributed by atoms with Gasteiger partial charge >= 0.3 is 5.97 Å². The zero-order chi connectivity index (χ0) is 27.6. The molecule has 0 radical (unpaired) electrons. The highest BCUT2D eigenvalue weighted by molar-refractivity contribution is 5.69. The van der Waals surface area contributed by atoms with E-state index >= 15 is 0 Å². The summed E-state index contributed by atoms with van der Waals surface area (Å²) in [6.45, 7) is 3.94. The first-order valence-electron chi connectivity index (χ1n) is 14.2. The number of esters is 1. The van der Waals surface area contributed by atoms with E-state index in [1.54, 1.807) is 6.20 Å². The third-order valence-corrected chi connectivity index (χ3v) is 7.52. The second-order valence-electron chi connectivity index (χ2n) is 10.5. The van der Waals surface area contributed by atoms with Crippen molar-refractivity contribution >= 4 is 5.97 Å². The highest BCUT2D eigenvalue weighted by Gasteiger charge is 2.19. The highest BCUT2D eigenvalue weighted by atomic mass is 16.5. The Morgan fingerprint density at radius 1 is 1.18 bits per heavy atom. The molecule has 1 fully saturated rings. The molecule has 2 aliphatic rings. The van der Waals surface area contributed by atoms with Gasteiger partial charge in [0.25, 0.3) is 0 Å². The van der Waals surface area contributed by atoms with E-state index in [4.69, 9.17) is 19.2 Å². The maximum Gasteiger partial charge on any atom is 0.307 e. The van der Waals surface area contributed by atoms with Crippen molar-refractivity contribution < 1.29 is 19.0 Å². The molecule has 0 saturated carbocycles. The Morgan fingerprint density at radius 3 is 2.85 bits per heavy atom. The number of hydrogen-bond acceptors (Lipinski definition) is 6. The predicted octanol–water partition coefficient (Wildman–Crippen LogP) is 5.76. The number of hydrogen-bond donors (Lipinski definition) is 0. The number of rotatable bonds is 9. The summed E-state index contributed by atoms with van der Waals surface area (Å²) in [6.07, 6.45) is 16.9. The van der Waals surface area contributed by atoms with Crippen LogP contribution in [0.15, 0.2) is 61.1 Å². The number of allylic oxidation sites excluding steroid dienone is 2. The van der Waals surface area contributed by atoms with E-state index in [9.17, 15) is 4.79 Å². The lowest BCUT2D eigenvalue weighted by Crippen LogP contribution is -2.19. The first kappa shape index (κ1) is 27.7. The van der Waals surface area contributed by atoms with Crippen molar-refractivity contribution in [1.29, 1.82) is 0 Å². The van der Waals surface area contributed by atoms with Crippen molar-refractivity contribution in [3.05, 3.63) is 83.7 Å². The molecule has 2 aromatic heterocycles. The van der Waals surface area contributed by atoms with Crippen molar-refractivity contribution in [2.45, 2.75) is 58.5 Å². The lowest BCUT2D eigenvalue weighted by Gasteiger charge is -2.20. The van der Waals surface area contributed by atoms with Crippen LogP contribution in [0.5, 0.6) is 5.75 Å². The molecule has 1 saturated heterocycles. The molecule has 1 aliphatic heterocycles. The van der Waals surface area contributed by atoms with Crippen LogP contribution in [0.1, 0.15) is 61.2 Å². The van der Waals surface area contributed by atoms with Gasteiger partial charge in [-0.1, -0.05) is 24.0 Å². The second-order valence-corrected chi connectivity index (χ2v) is 10.5. The summed E-state index contributed by atoms with van der Waals surface area (Å²) >= 11 is 0. The molecule has 1 atom stereocenters. The minimum atomic E-state index is -0.189. The third kappa shape index (κ3) is 7.61. The first-order chi connectivity index (χ1) is 19.7. The standard InChI is InChI=1S/C33H37N3O4/c1-25-19-31(12-11-28(25)9-6-16-39-33(37)21-27-13-17-38-18-14-27)40-24-30-23-35-32(20-26-7-3-2-4-8-26)36(30)29-10-5-15-34-22-29/h3,5,7,10-12,15,19,22-23,26-27H,2,4,8,13-14,16-18,20-21,24H2,1H3. The summed E-state index contributed by atoms with van der Waals surface area (Å²) in [4.78, 5) is 21.2. The minimum Gasteiger partial charge on any atom is -0.487 e. The molecule has 0 bridgehead atoms. The van der Waals surface area contributed by atoms with E-state index in [-0.39, 0.29) is 12.6 Å². The maximum absolute atomic E-state index is 12.1. The van der Waals surface area contributed by atoms with Crippen LogP contribution in [0.25, 0.3) is 5.69 Å². The molecule has 1 aromatic carbocycles. The predicted molar refractivity (Wildman–Crippen MR) is 153 cm³/mol. The Kier molecular flexibility index (Phi) is 9.65. The summed E-state index contributed by atoms with van der Waals surface area (Å²) < 4.78 is 19.0. The Hall–Kier alpha value is -3.89. The number of aryl methyl sites for hydroxylation is 1. The van der Waals surface area contributed by atoms with Crippen LogP contribution in [0.4, 0.5) is 0 Å². The zero-order valence-electron chi connectivity index (χ0n) is 23.2. The van der Waals surface area contributed by atoms with Gasteiger partial charge in [-0.15, -0.1) is 0 Å². The summed E-state index contributed by atoms with van der Waals surface area (Å²) in [5, 5.41) is 0. The van der Waals surface area contributed by atoms with Gasteiger partial charge in [0.1, 0.15) is 18.2 Å². The van der Waals surface area contributed by atoms with E-state index in [0.29, 0.717) is 24.9 Å². The zero-order valence-corrected chi connectivity index (χ0v) is 23.2. The Morgan fingerprint density at radius 2 is 2.08 bits per heavy atom. The molecule has 40 heavy (non-hydrogen) atoms. The topological polar surface area (TPSA) is 75.5 Å². The Labute approximate surface area is 236 Å². The van der Waals surface area contributed by atoms with Gasteiger partial charge in [0, 0.05) is 37.8 Å². The largest absolute Gasteiger partial charge is 0.487 e. The van der Waals surface area contributed by atoms with Crippen LogP contribution in [0.2, 0.25) is 0 Å². The van der Waals surface area contributed by atoms with E-state index in [1.807, 2.05) is 43.6 Å². The SMILES string of the molecule is Cc1cc(OCc2cnc(CC3C=CCCC3)n2-c2cccnc2)ccc1C#CCOC(=O)CC1CCOCC1. The van der Waals surface area contributed by atoms with Crippen molar-refractivity contribution in [3.8, 4) is 23.3 Å².